The summed E-state index contributed by atoms with van der Waals surface area (Å²) >= 11 is 0. The SMILES string of the molecule is COc1cc2c(cc1OC)C(=O)c1cc3cc4ccccc4cc3cc1C2=O. The van der Waals surface area contributed by atoms with Crippen molar-refractivity contribution in [3.63, 3.8) is 0 Å². The summed E-state index contributed by atoms with van der Waals surface area (Å²) in [6, 6.07) is 18.9. The van der Waals surface area contributed by atoms with Gasteiger partial charge in [-0.15, -0.1) is 0 Å². The first-order valence-electron chi connectivity index (χ1n) is 8.92. The van der Waals surface area contributed by atoms with Crippen LogP contribution in [-0.2, 0) is 0 Å². The van der Waals surface area contributed by atoms with Gasteiger partial charge in [-0.1, -0.05) is 24.3 Å². The van der Waals surface area contributed by atoms with Crippen molar-refractivity contribution in [2.75, 3.05) is 14.2 Å². The molecule has 0 N–H and O–H groups in total. The van der Waals surface area contributed by atoms with Crippen molar-refractivity contribution in [1.82, 2.24) is 0 Å². The van der Waals surface area contributed by atoms with Crippen molar-refractivity contribution in [3.05, 3.63) is 82.9 Å². The fraction of sp³-hybridized carbons (Fsp3) is 0.0833. The third-order valence-corrected chi connectivity index (χ3v) is 5.34. The normalized spacial score (nSPS) is 12.8. The van der Waals surface area contributed by atoms with Crippen molar-refractivity contribution in [1.29, 1.82) is 0 Å². The van der Waals surface area contributed by atoms with E-state index in [9.17, 15) is 9.59 Å². The summed E-state index contributed by atoms with van der Waals surface area (Å²) in [4.78, 5) is 26.4. The minimum atomic E-state index is -0.180. The highest BCUT2D eigenvalue weighted by Gasteiger charge is 2.31. The summed E-state index contributed by atoms with van der Waals surface area (Å²) in [6.07, 6.45) is 0. The molecule has 0 saturated carbocycles. The summed E-state index contributed by atoms with van der Waals surface area (Å²) in [5.74, 6) is 0.497. The zero-order valence-corrected chi connectivity index (χ0v) is 15.4. The molecule has 4 aromatic rings. The molecular formula is C24H16O4. The van der Waals surface area contributed by atoms with Gasteiger partial charge >= 0.3 is 0 Å². The average molecular weight is 368 g/mol. The lowest BCUT2D eigenvalue weighted by molar-refractivity contribution is 0.0978. The van der Waals surface area contributed by atoms with Crippen molar-refractivity contribution >= 4 is 33.1 Å². The predicted molar refractivity (Wildman–Crippen MR) is 108 cm³/mol. The summed E-state index contributed by atoms with van der Waals surface area (Å²) < 4.78 is 10.6. The summed E-state index contributed by atoms with van der Waals surface area (Å²) in [5.41, 5.74) is 1.53. The molecule has 0 aliphatic heterocycles. The molecule has 0 spiro atoms. The van der Waals surface area contributed by atoms with Crippen LogP contribution in [0.15, 0.2) is 60.7 Å². The van der Waals surface area contributed by atoms with Gasteiger partial charge in [-0.3, -0.25) is 9.59 Å². The van der Waals surface area contributed by atoms with Gasteiger partial charge < -0.3 is 9.47 Å². The van der Waals surface area contributed by atoms with E-state index < -0.39 is 0 Å². The van der Waals surface area contributed by atoms with Crippen molar-refractivity contribution in [3.8, 4) is 11.5 Å². The van der Waals surface area contributed by atoms with E-state index in [2.05, 4.69) is 0 Å². The second kappa shape index (κ2) is 5.92. The monoisotopic (exact) mass is 368 g/mol. The average Bonchev–Trinajstić information content (AvgIpc) is 2.74. The van der Waals surface area contributed by atoms with Crippen LogP contribution in [0.3, 0.4) is 0 Å². The van der Waals surface area contributed by atoms with Crippen LogP contribution >= 0.6 is 0 Å². The molecule has 0 saturated heterocycles. The fourth-order valence-electron chi connectivity index (χ4n) is 3.91. The number of fused-ring (bicyclic) bond motifs is 4. The molecule has 28 heavy (non-hydrogen) atoms. The molecular weight excluding hydrogens is 352 g/mol. The third-order valence-electron chi connectivity index (χ3n) is 5.34. The smallest absolute Gasteiger partial charge is 0.194 e. The van der Waals surface area contributed by atoms with Crippen molar-refractivity contribution < 1.29 is 19.1 Å². The van der Waals surface area contributed by atoms with Crippen LogP contribution in [0.4, 0.5) is 0 Å². The zero-order chi connectivity index (χ0) is 19.4. The summed E-state index contributed by atoms with van der Waals surface area (Å²) in [5, 5.41) is 4.05. The zero-order valence-electron chi connectivity index (χ0n) is 15.4. The molecule has 0 aromatic heterocycles. The number of ketones is 2. The number of carbonyl (C=O) groups excluding carboxylic acids is 2. The molecule has 0 unspecified atom stereocenters. The Morgan fingerprint density at radius 2 is 0.929 bits per heavy atom. The molecule has 0 amide bonds. The van der Waals surface area contributed by atoms with Gasteiger partial charge in [-0.2, -0.15) is 0 Å². The van der Waals surface area contributed by atoms with Crippen LogP contribution < -0.4 is 9.47 Å². The van der Waals surface area contributed by atoms with Gasteiger partial charge in [-0.05, 0) is 57.9 Å². The first-order chi connectivity index (χ1) is 13.6. The van der Waals surface area contributed by atoms with E-state index in [1.807, 2.05) is 48.5 Å². The topological polar surface area (TPSA) is 52.6 Å². The van der Waals surface area contributed by atoms with Gasteiger partial charge in [-0.25, -0.2) is 0 Å². The maximum absolute atomic E-state index is 13.2. The molecule has 0 radical (unpaired) electrons. The Bertz CT molecular complexity index is 1220. The molecule has 0 fully saturated rings. The van der Waals surface area contributed by atoms with Crippen LogP contribution in [-0.4, -0.2) is 25.8 Å². The van der Waals surface area contributed by atoms with Gasteiger partial charge in [0.2, 0.25) is 0 Å². The predicted octanol–water partition coefficient (Wildman–Crippen LogP) is 4.79. The van der Waals surface area contributed by atoms with E-state index in [1.165, 1.54) is 14.2 Å². The number of carbonyl (C=O) groups is 2. The highest BCUT2D eigenvalue weighted by atomic mass is 16.5. The minimum absolute atomic E-state index is 0.180. The molecule has 5 rings (SSSR count). The first kappa shape index (κ1) is 16.5. The highest BCUT2D eigenvalue weighted by molar-refractivity contribution is 6.30. The number of benzene rings is 4. The van der Waals surface area contributed by atoms with Crippen LogP contribution in [0.25, 0.3) is 21.5 Å². The van der Waals surface area contributed by atoms with Gasteiger partial charge in [0.1, 0.15) is 0 Å². The van der Waals surface area contributed by atoms with E-state index in [1.54, 1.807) is 12.1 Å². The number of hydrogen-bond donors (Lipinski definition) is 0. The molecule has 0 bridgehead atoms. The lowest BCUT2D eigenvalue weighted by Gasteiger charge is -2.20. The molecule has 4 nitrogen and oxygen atoms in total. The van der Waals surface area contributed by atoms with E-state index in [0.29, 0.717) is 33.8 Å². The van der Waals surface area contributed by atoms with Crippen LogP contribution in [0, 0.1) is 0 Å². The third kappa shape index (κ3) is 2.24. The van der Waals surface area contributed by atoms with Crippen LogP contribution in [0.1, 0.15) is 31.8 Å². The number of ether oxygens (including phenoxy) is 2. The second-order valence-corrected chi connectivity index (χ2v) is 6.86. The van der Waals surface area contributed by atoms with Crippen molar-refractivity contribution in [2.45, 2.75) is 0 Å². The molecule has 1 aliphatic rings. The lowest BCUT2D eigenvalue weighted by Crippen LogP contribution is -2.21. The Morgan fingerprint density at radius 1 is 0.536 bits per heavy atom. The van der Waals surface area contributed by atoms with Gasteiger partial charge in [0.15, 0.2) is 23.1 Å². The second-order valence-electron chi connectivity index (χ2n) is 6.86. The minimum Gasteiger partial charge on any atom is -0.493 e. The molecule has 4 heteroatoms. The quantitative estimate of drug-likeness (QED) is 0.421. The molecule has 0 atom stereocenters. The Kier molecular flexibility index (Phi) is 3.49. The molecule has 136 valence electrons. The Morgan fingerprint density at radius 3 is 1.32 bits per heavy atom. The van der Waals surface area contributed by atoms with Crippen LogP contribution in [0.2, 0.25) is 0 Å². The maximum atomic E-state index is 13.2. The molecule has 1 aliphatic carbocycles. The lowest BCUT2D eigenvalue weighted by atomic mass is 9.82. The molecule has 4 aromatic carbocycles. The summed E-state index contributed by atoms with van der Waals surface area (Å²) in [6.45, 7) is 0. The number of methoxy groups -OCH3 is 2. The Balaban J connectivity index is 1.78. The van der Waals surface area contributed by atoms with Gasteiger partial charge in [0.25, 0.3) is 0 Å². The number of hydrogen-bond acceptors (Lipinski definition) is 4. The fourth-order valence-corrected chi connectivity index (χ4v) is 3.91. The summed E-state index contributed by atoms with van der Waals surface area (Å²) in [7, 11) is 3.01. The largest absolute Gasteiger partial charge is 0.493 e. The van der Waals surface area contributed by atoms with E-state index in [4.69, 9.17) is 9.47 Å². The first-order valence-corrected chi connectivity index (χ1v) is 8.92. The van der Waals surface area contributed by atoms with E-state index in [-0.39, 0.29) is 11.6 Å². The molecule has 0 heterocycles. The van der Waals surface area contributed by atoms with E-state index >= 15 is 0 Å². The Hall–Kier alpha value is -3.66. The maximum Gasteiger partial charge on any atom is 0.194 e. The Labute approximate surface area is 161 Å². The number of rotatable bonds is 2. The van der Waals surface area contributed by atoms with Gasteiger partial charge in [0, 0.05) is 22.3 Å². The van der Waals surface area contributed by atoms with Crippen molar-refractivity contribution in [2.24, 2.45) is 0 Å². The highest BCUT2D eigenvalue weighted by Crippen LogP contribution is 2.37. The van der Waals surface area contributed by atoms with E-state index in [0.717, 1.165) is 21.5 Å². The van der Waals surface area contributed by atoms with Crippen LogP contribution in [0.5, 0.6) is 11.5 Å². The standard InChI is InChI=1S/C24H16O4/c1-27-21-11-19-20(12-22(21)28-2)24(26)18-10-16-8-14-6-4-3-5-13(14)7-15(16)9-17(18)23(19)25/h3-12H,1-2H3. The van der Waals surface area contributed by atoms with Gasteiger partial charge in [0.05, 0.1) is 14.2 Å².